The molecule has 31 heavy (non-hydrogen) atoms. The first-order chi connectivity index (χ1) is 14.3. The van der Waals surface area contributed by atoms with Crippen LogP contribution in [0.25, 0.3) is 10.9 Å². The third-order valence-corrected chi connectivity index (χ3v) is 5.23. The normalized spacial score (nSPS) is 13.1. The molecule has 0 spiro atoms. The molecular weight excluding hydrogens is 424 g/mol. The number of aryl methyl sites for hydroxylation is 3. The summed E-state index contributed by atoms with van der Waals surface area (Å²) in [5, 5.41) is 0.110. The van der Waals surface area contributed by atoms with E-state index in [0.717, 1.165) is 12.1 Å². The fourth-order valence-corrected chi connectivity index (χ4v) is 3.70. The van der Waals surface area contributed by atoms with E-state index in [0.29, 0.717) is 0 Å². The van der Waals surface area contributed by atoms with E-state index in [1.54, 1.807) is 6.07 Å². The molecule has 0 aliphatic carbocycles. The zero-order valence-electron chi connectivity index (χ0n) is 16.9. The van der Waals surface area contributed by atoms with Gasteiger partial charge in [-0.3, -0.25) is 4.79 Å². The minimum absolute atomic E-state index is 0.0944. The van der Waals surface area contributed by atoms with Crippen molar-refractivity contribution in [1.82, 2.24) is 4.57 Å². The van der Waals surface area contributed by atoms with Gasteiger partial charge in [0.2, 0.25) is 0 Å². The number of benzene rings is 2. The van der Waals surface area contributed by atoms with Crippen molar-refractivity contribution in [3.05, 3.63) is 81.1 Å². The number of alkyl halides is 6. The largest absolute Gasteiger partial charge is 0.430 e. The molecule has 0 bridgehead atoms. The summed E-state index contributed by atoms with van der Waals surface area (Å²) in [6.07, 6.45) is -11.6. The van der Waals surface area contributed by atoms with E-state index < -0.39 is 35.7 Å². The van der Waals surface area contributed by atoms with Gasteiger partial charge in [0.25, 0.3) is 11.2 Å². The molecule has 0 saturated heterocycles. The van der Waals surface area contributed by atoms with Crippen LogP contribution in [0.2, 0.25) is 0 Å². The van der Waals surface area contributed by atoms with E-state index in [-0.39, 0.29) is 27.6 Å². The topological polar surface area (TPSA) is 31.2 Å². The molecule has 0 aliphatic rings. The van der Waals surface area contributed by atoms with Crippen molar-refractivity contribution in [3.8, 4) is 0 Å². The Morgan fingerprint density at radius 2 is 1.45 bits per heavy atom. The van der Waals surface area contributed by atoms with E-state index in [1.807, 2.05) is 0 Å². The summed E-state index contributed by atoms with van der Waals surface area (Å²) in [4.78, 5) is 12.0. The summed E-state index contributed by atoms with van der Waals surface area (Å²) in [5.41, 5.74) is -5.27. The molecule has 0 radical (unpaired) electrons. The molecule has 3 nitrogen and oxygen atoms in total. The molecule has 0 amide bonds. The zero-order chi connectivity index (χ0) is 23.2. The van der Waals surface area contributed by atoms with Gasteiger partial charge in [0, 0.05) is 24.1 Å². The molecule has 0 unspecified atom stereocenters. The van der Waals surface area contributed by atoms with Gasteiger partial charge in [0.15, 0.2) is 0 Å². The van der Waals surface area contributed by atoms with Crippen LogP contribution >= 0.6 is 0 Å². The second kappa shape index (κ2) is 7.71. The maximum atomic E-state index is 14.1. The first-order valence-corrected chi connectivity index (χ1v) is 9.22. The Morgan fingerprint density at radius 1 is 0.871 bits per heavy atom. The summed E-state index contributed by atoms with van der Waals surface area (Å²) in [6.45, 7) is 1.92. The molecule has 0 atom stereocenters. The maximum absolute atomic E-state index is 14.1. The molecule has 0 N–H and O–H groups in total. The minimum atomic E-state index is -5.80. The Morgan fingerprint density at radius 3 is 2.00 bits per heavy atom. The summed E-state index contributed by atoms with van der Waals surface area (Å²) in [7, 11) is 1.41. The predicted molar refractivity (Wildman–Crippen MR) is 104 cm³/mol. The Balaban J connectivity index is 2.31. The summed E-state index contributed by atoms with van der Waals surface area (Å²) in [5.74, 6) is 0. The van der Waals surface area contributed by atoms with Crippen LogP contribution in [0.5, 0.6) is 0 Å². The quantitative estimate of drug-likeness (QED) is 0.485. The molecule has 166 valence electrons. The van der Waals surface area contributed by atoms with Gasteiger partial charge >= 0.3 is 12.4 Å². The van der Waals surface area contributed by atoms with Crippen molar-refractivity contribution in [2.75, 3.05) is 0 Å². The Kier molecular flexibility index (Phi) is 5.69. The lowest BCUT2D eigenvalue weighted by atomic mass is 9.88. The van der Waals surface area contributed by atoms with Gasteiger partial charge < -0.3 is 9.30 Å². The minimum Gasteiger partial charge on any atom is -0.349 e. The van der Waals surface area contributed by atoms with Crippen LogP contribution < -0.4 is 5.56 Å². The highest BCUT2D eigenvalue weighted by Crippen LogP contribution is 2.54. The highest BCUT2D eigenvalue weighted by atomic mass is 19.4. The maximum Gasteiger partial charge on any atom is 0.430 e. The van der Waals surface area contributed by atoms with Crippen molar-refractivity contribution < 1.29 is 31.1 Å². The third kappa shape index (κ3) is 3.82. The van der Waals surface area contributed by atoms with Crippen molar-refractivity contribution in [2.24, 2.45) is 7.05 Å². The average Bonchev–Trinajstić information content (AvgIpc) is 2.65. The van der Waals surface area contributed by atoms with Crippen molar-refractivity contribution in [3.63, 3.8) is 0 Å². The number of ether oxygens (including phenoxy) is 1. The number of rotatable bonds is 4. The lowest BCUT2D eigenvalue weighted by Gasteiger charge is -2.38. The van der Waals surface area contributed by atoms with Gasteiger partial charge in [-0.1, -0.05) is 36.4 Å². The molecular formula is C22H19F6NO2. The van der Waals surface area contributed by atoms with E-state index in [2.05, 4.69) is 0 Å². The molecule has 3 aromatic rings. The van der Waals surface area contributed by atoms with Crippen LogP contribution in [0, 0.1) is 13.8 Å². The van der Waals surface area contributed by atoms with Gasteiger partial charge in [-0.15, -0.1) is 0 Å². The fourth-order valence-electron chi connectivity index (χ4n) is 3.70. The van der Waals surface area contributed by atoms with Crippen LogP contribution in [-0.4, -0.2) is 16.9 Å². The summed E-state index contributed by atoms with van der Waals surface area (Å²) >= 11 is 0. The highest BCUT2D eigenvalue weighted by Gasteiger charge is 2.73. The molecule has 1 heterocycles. The molecule has 0 aliphatic heterocycles. The number of aromatic nitrogens is 1. The van der Waals surface area contributed by atoms with Crippen molar-refractivity contribution in [2.45, 2.75) is 38.4 Å². The third-order valence-electron chi connectivity index (χ3n) is 5.23. The van der Waals surface area contributed by atoms with E-state index in [4.69, 9.17) is 4.74 Å². The number of fused-ring (bicyclic) bond motifs is 1. The second-order valence-corrected chi connectivity index (χ2v) is 7.36. The number of hydrogen-bond acceptors (Lipinski definition) is 2. The van der Waals surface area contributed by atoms with Crippen molar-refractivity contribution in [1.29, 1.82) is 0 Å². The van der Waals surface area contributed by atoms with E-state index >= 15 is 0 Å². The SMILES string of the molecule is Cc1cc(=O)n(C)c2c(C)cc(C(OCc3ccccc3)(C(F)(F)F)C(F)(F)F)cc12. The standard InChI is InChI=1S/C22H19F6NO2/c1-13-10-18(30)29(3)19-14(2)9-16(11-17(13)19)20(21(23,24)25,22(26,27)28)31-12-15-7-5-4-6-8-15/h4-11H,12H2,1-3H3. The molecule has 0 fully saturated rings. The van der Waals surface area contributed by atoms with Crippen LogP contribution in [0.4, 0.5) is 26.3 Å². The van der Waals surface area contributed by atoms with Crippen LogP contribution in [-0.2, 0) is 24.0 Å². The summed E-state index contributed by atoms with van der Waals surface area (Å²) < 4.78 is 90.7. The lowest BCUT2D eigenvalue weighted by Crippen LogP contribution is -2.55. The van der Waals surface area contributed by atoms with Gasteiger partial charge in [-0.25, -0.2) is 0 Å². The smallest absolute Gasteiger partial charge is 0.349 e. The van der Waals surface area contributed by atoms with Crippen LogP contribution in [0.15, 0.2) is 53.3 Å². The second-order valence-electron chi connectivity index (χ2n) is 7.36. The molecule has 3 rings (SSSR count). The van der Waals surface area contributed by atoms with E-state index in [9.17, 15) is 31.1 Å². The Labute approximate surface area is 173 Å². The predicted octanol–water partition coefficient (Wildman–Crippen LogP) is 5.69. The van der Waals surface area contributed by atoms with Crippen LogP contribution in [0.1, 0.15) is 22.3 Å². The molecule has 1 aromatic heterocycles. The lowest BCUT2D eigenvalue weighted by molar-refractivity contribution is -0.392. The summed E-state index contributed by atoms with van der Waals surface area (Å²) in [6, 6.07) is 10.1. The first-order valence-electron chi connectivity index (χ1n) is 9.22. The molecule has 0 saturated carbocycles. The zero-order valence-corrected chi connectivity index (χ0v) is 16.9. The Hall–Kier alpha value is -2.81. The van der Waals surface area contributed by atoms with Gasteiger partial charge in [-0.05, 0) is 36.6 Å². The molecule has 9 heteroatoms. The molecule has 2 aromatic carbocycles. The number of hydrogen-bond donors (Lipinski definition) is 0. The van der Waals surface area contributed by atoms with Crippen molar-refractivity contribution >= 4 is 10.9 Å². The van der Waals surface area contributed by atoms with Gasteiger partial charge in [0.1, 0.15) is 0 Å². The number of halogens is 6. The number of pyridine rings is 1. The highest BCUT2D eigenvalue weighted by molar-refractivity contribution is 5.86. The van der Waals surface area contributed by atoms with Crippen LogP contribution in [0.3, 0.4) is 0 Å². The fraction of sp³-hybridized carbons (Fsp3) is 0.318. The Bertz CT molecular complexity index is 1150. The monoisotopic (exact) mass is 443 g/mol. The van der Waals surface area contributed by atoms with Gasteiger partial charge in [-0.2, -0.15) is 26.3 Å². The van der Waals surface area contributed by atoms with Gasteiger partial charge in [0.05, 0.1) is 12.1 Å². The average molecular weight is 443 g/mol. The van der Waals surface area contributed by atoms with E-state index in [1.165, 1.54) is 55.8 Å². The number of nitrogens with zero attached hydrogens (tertiary/aromatic N) is 1. The first kappa shape index (κ1) is 22.9.